The zero-order valence-corrected chi connectivity index (χ0v) is 13.8. The molecule has 1 amide bonds. The van der Waals surface area contributed by atoms with Gasteiger partial charge in [-0.3, -0.25) is 15.1 Å². The fraction of sp³-hybridized carbons (Fsp3) is 0. The Morgan fingerprint density at radius 2 is 1.91 bits per heavy atom. The predicted molar refractivity (Wildman–Crippen MR) is 93.6 cm³/mol. The van der Waals surface area contributed by atoms with Crippen LogP contribution in [0, 0.1) is 11.2 Å². The van der Waals surface area contributed by atoms with E-state index in [9.17, 15) is 9.18 Å². The molecule has 1 aliphatic rings. The van der Waals surface area contributed by atoms with E-state index in [0.29, 0.717) is 16.3 Å². The van der Waals surface area contributed by atoms with E-state index < -0.39 is 11.7 Å². The lowest BCUT2D eigenvalue weighted by Gasteiger charge is -2.16. The number of hydrogen-bond donors (Lipinski definition) is 1. The van der Waals surface area contributed by atoms with Crippen LogP contribution in [0.2, 0.25) is 10.0 Å². The van der Waals surface area contributed by atoms with Gasteiger partial charge in [0.25, 0.3) is 5.91 Å². The Morgan fingerprint density at radius 1 is 1.17 bits per heavy atom. The number of amides is 1. The number of hydrogen-bond acceptors (Lipinski definition) is 3. The van der Waals surface area contributed by atoms with E-state index in [1.807, 2.05) is 0 Å². The topological polar surface area (TPSA) is 44.2 Å². The molecule has 2 aromatic carbocycles. The smallest absolute Gasteiger partial charge is 0.271 e. The number of nitrogens with one attached hydrogen (secondary N) is 1. The lowest BCUT2D eigenvalue weighted by atomic mass is 10.2. The van der Waals surface area contributed by atoms with Gasteiger partial charge in [-0.05, 0) is 42.1 Å². The van der Waals surface area contributed by atoms with Crippen LogP contribution in [0.5, 0.6) is 0 Å². The molecule has 3 nitrogen and oxygen atoms in total. The van der Waals surface area contributed by atoms with E-state index in [2.05, 4.69) is 0 Å². The monoisotopic (exact) mass is 366 g/mol. The van der Waals surface area contributed by atoms with E-state index in [4.69, 9.17) is 28.6 Å². The van der Waals surface area contributed by atoms with Crippen LogP contribution in [0.15, 0.2) is 47.4 Å². The quantitative estimate of drug-likeness (QED) is 0.743. The SMILES string of the molecule is N=C1S/C(=C\c2ccccc2F)C(=O)N1c1ccc(Cl)cc1Cl. The van der Waals surface area contributed by atoms with Gasteiger partial charge in [0.15, 0.2) is 5.17 Å². The number of benzene rings is 2. The minimum absolute atomic E-state index is 0.00168. The predicted octanol–water partition coefficient (Wildman–Crippen LogP) is 5.19. The highest BCUT2D eigenvalue weighted by Gasteiger charge is 2.34. The number of nitrogens with zero attached hydrogens (tertiary/aromatic N) is 1. The van der Waals surface area contributed by atoms with Crippen molar-refractivity contribution in [1.82, 2.24) is 0 Å². The highest BCUT2D eigenvalue weighted by molar-refractivity contribution is 8.19. The third-order valence-corrected chi connectivity index (χ3v) is 4.59. The molecule has 0 saturated carbocycles. The van der Waals surface area contributed by atoms with Crippen molar-refractivity contribution in [3.63, 3.8) is 0 Å². The van der Waals surface area contributed by atoms with Crippen LogP contribution in [0.3, 0.4) is 0 Å². The minimum Gasteiger partial charge on any atom is -0.278 e. The van der Waals surface area contributed by atoms with Crippen LogP contribution in [0.4, 0.5) is 10.1 Å². The highest BCUT2D eigenvalue weighted by atomic mass is 35.5. The maximum atomic E-state index is 13.7. The maximum Gasteiger partial charge on any atom is 0.271 e. The van der Waals surface area contributed by atoms with Gasteiger partial charge < -0.3 is 0 Å². The second-order valence-electron chi connectivity index (χ2n) is 4.67. The molecular weight excluding hydrogens is 358 g/mol. The van der Waals surface area contributed by atoms with Gasteiger partial charge in [0.2, 0.25) is 0 Å². The van der Waals surface area contributed by atoms with E-state index in [0.717, 1.165) is 11.8 Å². The van der Waals surface area contributed by atoms with Gasteiger partial charge in [0, 0.05) is 10.6 Å². The van der Waals surface area contributed by atoms with Crippen molar-refractivity contribution in [2.45, 2.75) is 0 Å². The second kappa shape index (κ2) is 6.35. The molecule has 1 heterocycles. The average molecular weight is 367 g/mol. The van der Waals surface area contributed by atoms with Crippen molar-refractivity contribution < 1.29 is 9.18 Å². The van der Waals surface area contributed by atoms with Gasteiger partial charge in [-0.1, -0.05) is 41.4 Å². The Morgan fingerprint density at radius 3 is 2.61 bits per heavy atom. The van der Waals surface area contributed by atoms with E-state index in [1.165, 1.54) is 23.1 Å². The van der Waals surface area contributed by atoms with Crippen LogP contribution in [0.1, 0.15) is 5.56 Å². The first-order chi connectivity index (χ1) is 11.0. The van der Waals surface area contributed by atoms with Gasteiger partial charge in [-0.15, -0.1) is 0 Å². The summed E-state index contributed by atoms with van der Waals surface area (Å²) in [6, 6.07) is 10.8. The summed E-state index contributed by atoms with van der Waals surface area (Å²) in [7, 11) is 0. The largest absolute Gasteiger partial charge is 0.278 e. The number of thioether (sulfide) groups is 1. The molecule has 3 rings (SSSR count). The van der Waals surface area contributed by atoms with Crippen molar-refractivity contribution >= 4 is 57.8 Å². The molecule has 0 atom stereocenters. The summed E-state index contributed by atoms with van der Waals surface area (Å²) in [6.07, 6.45) is 1.43. The molecule has 1 aliphatic heterocycles. The molecule has 0 aromatic heterocycles. The van der Waals surface area contributed by atoms with Crippen LogP contribution >= 0.6 is 35.0 Å². The Labute approximate surface area is 146 Å². The maximum absolute atomic E-state index is 13.7. The molecule has 0 aliphatic carbocycles. The average Bonchev–Trinajstić information content (AvgIpc) is 2.77. The van der Waals surface area contributed by atoms with Gasteiger partial charge >= 0.3 is 0 Å². The summed E-state index contributed by atoms with van der Waals surface area (Å²) in [5.74, 6) is -0.851. The van der Waals surface area contributed by atoms with Crippen LogP contribution in [0.25, 0.3) is 6.08 Å². The van der Waals surface area contributed by atoms with E-state index in [1.54, 1.807) is 30.3 Å². The number of amidine groups is 1. The Kier molecular flexibility index (Phi) is 4.43. The van der Waals surface area contributed by atoms with Crippen molar-refractivity contribution in [3.8, 4) is 0 Å². The second-order valence-corrected chi connectivity index (χ2v) is 6.55. The van der Waals surface area contributed by atoms with E-state index >= 15 is 0 Å². The standard InChI is InChI=1S/C16H9Cl2FN2OS/c17-10-5-6-13(11(18)8-10)21-15(22)14(23-16(21)20)7-9-3-1-2-4-12(9)19/h1-8,20H/b14-7-,20-16?. The third-order valence-electron chi connectivity index (χ3n) is 3.17. The number of carbonyl (C=O) groups excluding carboxylic acids is 1. The van der Waals surface area contributed by atoms with Crippen molar-refractivity contribution in [1.29, 1.82) is 5.41 Å². The van der Waals surface area contributed by atoms with Gasteiger partial charge in [0.05, 0.1) is 15.6 Å². The minimum atomic E-state index is -0.428. The molecule has 2 aromatic rings. The highest BCUT2D eigenvalue weighted by Crippen LogP contribution is 2.39. The molecule has 1 saturated heterocycles. The summed E-state index contributed by atoms with van der Waals surface area (Å²) >= 11 is 12.9. The fourth-order valence-corrected chi connectivity index (χ4v) is 3.44. The normalized spacial score (nSPS) is 16.5. The lowest BCUT2D eigenvalue weighted by Crippen LogP contribution is -2.28. The molecule has 0 radical (unpaired) electrons. The van der Waals surface area contributed by atoms with Crippen LogP contribution in [-0.4, -0.2) is 11.1 Å². The first kappa shape index (κ1) is 16.1. The summed E-state index contributed by atoms with van der Waals surface area (Å²) in [5, 5.41) is 8.72. The number of halogens is 3. The Hall–Kier alpha value is -1.82. The third kappa shape index (κ3) is 3.13. The summed E-state index contributed by atoms with van der Waals surface area (Å²) in [5.41, 5.74) is 0.663. The van der Waals surface area contributed by atoms with Crippen molar-refractivity contribution in [2.24, 2.45) is 0 Å². The molecule has 1 N–H and O–H groups in total. The number of carbonyl (C=O) groups is 1. The van der Waals surface area contributed by atoms with E-state index in [-0.39, 0.29) is 15.1 Å². The molecule has 7 heteroatoms. The molecule has 0 unspecified atom stereocenters. The first-order valence-electron chi connectivity index (χ1n) is 6.49. The van der Waals surface area contributed by atoms with Gasteiger partial charge in [-0.25, -0.2) is 4.39 Å². The van der Waals surface area contributed by atoms with Gasteiger partial charge in [-0.2, -0.15) is 0 Å². The van der Waals surface area contributed by atoms with Gasteiger partial charge in [0.1, 0.15) is 5.82 Å². The first-order valence-corrected chi connectivity index (χ1v) is 8.07. The Balaban J connectivity index is 1.99. The molecule has 1 fully saturated rings. The van der Waals surface area contributed by atoms with Crippen LogP contribution in [-0.2, 0) is 4.79 Å². The molecular formula is C16H9Cl2FN2OS. The van der Waals surface area contributed by atoms with Crippen LogP contribution < -0.4 is 4.90 Å². The van der Waals surface area contributed by atoms with Crippen molar-refractivity contribution in [2.75, 3.05) is 4.90 Å². The number of anilines is 1. The molecule has 116 valence electrons. The zero-order valence-electron chi connectivity index (χ0n) is 11.5. The molecule has 23 heavy (non-hydrogen) atoms. The summed E-state index contributed by atoms with van der Waals surface area (Å²) in [4.78, 5) is 14.0. The summed E-state index contributed by atoms with van der Waals surface area (Å²) in [6.45, 7) is 0. The molecule has 0 bridgehead atoms. The van der Waals surface area contributed by atoms with Crippen molar-refractivity contribution in [3.05, 3.63) is 68.8 Å². The summed E-state index contributed by atoms with van der Waals surface area (Å²) < 4.78 is 13.7. The lowest BCUT2D eigenvalue weighted by molar-refractivity contribution is -0.113. The fourth-order valence-electron chi connectivity index (χ4n) is 2.10. The number of rotatable bonds is 2. The zero-order chi connectivity index (χ0) is 16.6. The Bertz CT molecular complexity index is 854. The molecule has 0 spiro atoms.